The number of benzene rings is 1. The van der Waals surface area contributed by atoms with Gasteiger partial charge in [0.2, 0.25) is 5.91 Å². The average Bonchev–Trinajstić information content (AvgIpc) is 2.28. The summed E-state index contributed by atoms with van der Waals surface area (Å²) >= 11 is 0. The van der Waals surface area contributed by atoms with Gasteiger partial charge >= 0.3 is 5.97 Å². The minimum atomic E-state index is -0.885. The molecule has 1 aromatic rings. The second kappa shape index (κ2) is 5.30. The summed E-state index contributed by atoms with van der Waals surface area (Å²) in [7, 11) is 0. The van der Waals surface area contributed by atoms with E-state index in [-0.39, 0.29) is 24.5 Å². The first kappa shape index (κ1) is 13.4. The van der Waals surface area contributed by atoms with E-state index < -0.39 is 11.5 Å². The summed E-state index contributed by atoms with van der Waals surface area (Å²) in [5.41, 5.74) is 0.236. The van der Waals surface area contributed by atoms with E-state index in [1.165, 1.54) is 12.1 Å². The number of aliphatic carboxylic acids is 1. The van der Waals surface area contributed by atoms with Crippen LogP contribution in [0.5, 0.6) is 5.75 Å². The van der Waals surface area contributed by atoms with Gasteiger partial charge in [0.25, 0.3) is 0 Å². The molecule has 1 aliphatic carbocycles. The monoisotopic (exact) mass is 263 g/mol. The predicted octanol–water partition coefficient (Wildman–Crippen LogP) is 1.45. The molecule has 19 heavy (non-hydrogen) atoms. The lowest BCUT2D eigenvalue weighted by Gasteiger charge is -2.41. The highest BCUT2D eigenvalue weighted by Crippen LogP contribution is 2.34. The Labute approximate surface area is 111 Å². The van der Waals surface area contributed by atoms with Gasteiger partial charge in [0.1, 0.15) is 5.75 Å². The van der Waals surface area contributed by atoms with Crippen LogP contribution in [0.2, 0.25) is 0 Å². The minimum absolute atomic E-state index is 0.0195. The van der Waals surface area contributed by atoms with Crippen LogP contribution >= 0.6 is 0 Å². The van der Waals surface area contributed by atoms with Crippen LogP contribution in [0.4, 0.5) is 0 Å². The lowest BCUT2D eigenvalue weighted by molar-refractivity contribution is -0.140. The number of nitrogens with one attached hydrogen (secondary N) is 1. The third-order valence-electron chi connectivity index (χ3n) is 3.51. The van der Waals surface area contributed by atoms with Crippen molar-refractivity contribution in [3.8, 4) is 5.75 Å². The molecular formula is C14H17NO4. The molecule has 1 amide bonds. The third-order valence-corrected chi connectivity index (χ3v) is 3.51. The first-order valence-electron chi connectivity index (χ1n) is 6.30. The van der Waals surface area contributed by atoms with E-state index in [0.717, 1.165) is 24.8 Å². The van der Waals surface area contributed by atoms with Gasteiger partial charge in [-0.3, -0.25) is 9.59 Å². The van der Waals surface area contributed by atoms with Crippen LogP contribution in [0.1, 0.15) is 31.2 Å². The van der Waals surface area contributed by atoms with Crippen molar-refractivity contribution in [1.82, 2.24) is 5.32 Å². The third kappa shape index (κ3) is 3.47. The van der Waals surface area contributed by atoms with E-state index in [1.807, 2.05) is 0 Å². The van der Waals surface area contributed by atoms with E-state index in [4.69, 9.17) is 10.2 Å². The molecule has 2 rings (SSSR count). The van der Waals surface area contributed by atoms with Gasteiger partial charge in [-0.05, 0) is 37.0 Å². The zero-order valence-electron chi connectivity index (χ0n) is 10.6. The highest BCUT2D eigenvalue weighted by Gasteiger charge is 2.40. The summed E-state index contributed by atoms with van der Waals surface area (Å²) in [5.74, 6) is -0.901. The molecule has 3 N–H and O–H groups in total. The van der Waals surface area contributed by atoms with Crippen molar-refractivity contribution in [2.45, 2.75) is 37.6 Å². The van der Waals surface area contributed by atoms with Gasteiger partial charge in [-0.25, -0.2) is 0 Å². The number of rotatable bonds is 5. The molecule has 1 aromatic carbocycles. The van der Waals surface area contributed by atoms with Crippen molar-refractivity contribution in [3.05, 3.63) is 29.8 Å². The highest BCUT2D eigenvalue weighted by atomic mass is 16.4. The molecule has 0 radical (unpaired) electrons. The standard InChI is InChI=1S/C14H17NO4/c16-11-4-2-10(3-5-11)8-12(17)15-14(6-1-7-14)9-13(18)19/h2-5,16H,1,6-9H2,(H,15,17)(H,18,19). The van der Waals surface area contributed by atoms with Gasteiger partial charge in [0.15, 0.2) is 0 Å². The predicted molar refractivity (Wildman–Crippen MR) is 68.8 cm³/mol. The van der Waals surface area contributed by atoms with Gasteiger partial charge in [0.05, 0.1) is 18.4 Å². The lowest BCUT2D eigenvalue weighted by atomic mass is 9.74. The van der Waals surface area contributed by atoms with Crippen molar-refractivity contribution in [2.24, 2.45) is 0 Å². The van der Waals surface area contributed by atoms with Crippen LogP contribution in [0.25, 0.3) is 0 Å². The van der Waals surface area contributed by atoms with Crippen molar-refractivity contribution in [1.29, 1.82) is 0 Å². The van der Waals surface area contributed by atoms with E-state index in [9.17, 15) is 9.59 Å². The first-order chi connectivity index (χ1) is 8.99. The number of aromatic hydroxyl groups is 1. The first-order valence-corrected chi connectivity index (χ1v) is 6.30. The Morgan fingerprint density at radius 3 is 2.32 bits per heavy atom. The molecule has 0 spiro atoms. The Morgan fingerprint density at radius 2 is 1.84 bits per heavy atom. The molecular weight excluding hydrogens is 246 g/mol. The zero-order chi connectivity index (χ0) is 13.9. The smallest absolute Gasteiger partial charge is 0.305 e. The van der Waals surface area contributed by atoms with Crippen molar-refractivity contribution < 1.29 is 19.8 Å². The molecule has 5 nitrogen and oxygen atoms in total. The largest absolute Gasteiger partial charge is 0.508 e. The number of hydrogen-bond donors (Lipinski definition) is 3. The molecule has 0 aliphatic heterocycles. The number of carboxylic acids is 1. The van der Waals surface area contributed by atoms with Crippen LogP contribution in [0.3, 0.4) is 0 Å². The molecule has 0 heterocycles. The van der Waals surface area contributed by atoms with E-state index >= 15 is 0 Å². The molecule has 1 fully saturated rings. The maximum absolute atomic E-state index is 11.9. The summed E-state index contributed by atoms with van der Waals surface area (Å²) < 4.78 is 0. The fourth-order valence-corrected chi connectivity index (χ4v) is 2.38. The summed E-state index contributed by atoms with van der Waals surface area (Å²) in [4.78, 5) is 22.7. The number of phenols is 1. The molecule has 1 saturated carbocycles. The fraction of sp³-hybridized carbons (Fsp3) is 0.429. The SMILES string of the molecule is O=C(O)CC1(NC(=O)Cc2ccc(O)cc2)CCC1. The molecule has 0 unspecified atom stereocenters. The molecule has 0 saturated heterocycles. The van der Waals surface area contributed by atoms with Crippen LogP contribution in [-0.4, -0.2) is 27.6 Å². The molecule has 1 aliphatic rings. The van der Waals surface area contributed by atoms with Crippen LogP contribution < -0.4 is 5.32 Å². The molecule has 0 aromatic heterocycles. The number of amides is 1. The number of carbonyl (C=O) groups excluding carboxylic acids is 1. The minimum Gasteiger partial charge on any atom is -0.508 e. The van der Waals surface area contributed by atoms with Crippen LogP contribution in [-0.2, 0) is 16.0 Å². The molecule has 5 heteroatoms. The fourth-order valence-electron chi connectivity index (χ4n) is 2.38. The van der Waals surface area contributed by atoms with Crippen molar-refractivity contribution >= 4 is 11.9 Å². The molecule has 0 bridgehead atoms. The topological polar surface area (TPSA) is 86.6 Å². The summed E-state index contributed by atoms with van der Waals surface area (Å²) in [6, 6.07) is 6.41. The second-order valence-corrected chi connectivity index (χ2v) is 5.10. The van der Waals surface area contributed by atoms with Crippen LogP contribution in [0, 0.1) is 0 Å². The Morgan fingerprint density at radius 1 is 1.21 bits per heavy atom. The lowest BCUT2D eigenvalue weighted by Crippen LogP contribution is -2.55. The number of carbonyl (C=O) groups is 2. The highest BCUT2D eigenvalue weighted by molar-refractivity contribution is 5.80. The van der Waals surface area contributed by atoms with E-state index in [2.05, 4.69) is 5.32 Å². The molecule has 0 atom stereocenters. The zero-order valence-corrected chi connectivity index (χ0v) is 10.6. The van der Waals surface area contributed by atoms with Crippen molar-refractivity contribution in [2.75, 3.05) is 0 Å². The number of carboxylic acid groups (broad SMARTS) is 1. The maximum atomic E-state index is 11.9. The Hall–Kier alpha value is -2.04. The normalized spacial score (nSPS) is 16.4. The maximum Gasteiger partial charge on any atom is 0.305 e. The van der Waals surface area contributed by atoms with E-state index in [1.54, 1.807) is 12.1 Å². The quantitative estimate of drug-likeness (QED) is 0.750. The summed E-state index contributed by atoms with van der Waals surface area (Å²) in [6.07, 6.45) is 2.57. The van der Waals surface area contributed by atoms with Gasteiger partial charge in [-0.1, -0.05) is 12.1 Å². The van der Waals surface area contributed by atoms with Gasteiger partial charge in [-0.2, -0.15) is 0 Å². The van der Waals surface area contributed by atoms with E-state index in [0.29, 0.717) is 0 Å². The van der Waals surface area contributed by atoms with Gasteiger partial charge < -0.3 is 15.5 Å². The Balaban J connectivity index is 1.93. The number of hydrogen-bond acceptors (Lipinski definition) is 3. The second-order valence-electron chi connectivity index (χ2n) is 5.10. The van der Waals surface area contributed by atoms with Gasteiger partial charge in [0, 0.05) is 0 Å². The van der Waals surface area contributed by atoms with Gasteiger partial charge in [-0.15, -0.1) is 0 Å². The Kier molecular flexibility index (Phi) is 3.74. The Bertz CT molecular complexity index is 477. The molecule has 102 valence electrons. The summed E-state index contributed by atoms with van der Waals surface area (Å²) in [5, 5.41) is 20.9. The average molecular weight is 263 g/mol. The van der Waals surface area contributed by atoms with Crippen LogP contribution in [0.15, 0.2) is 24.3 Å². The summed E-state index contributed by atoms with van der Waals surface area (Å²) in [6.45, 7) is 0. The number of phenolic OH excluding ortho intramolecular Hbond substituents is 1. The van der Waals surface area contributed by atoms with Crippen molar-refractivity contribution in [3.63, 3.8) is 0 Å².